The molecular formula is C25H29ClO3. The minimum atomic E-state index is -0.705. The minimum Gasteiger partial charge on any atom is -0.508 e. The Hall–Kier alpha value is -2.33. The summed E-state index contributed by atoms with van der Waals surface area (Å²) in [6, 6.07) is 14.8. The molecule has 0 aliphatic heterocycles. The largest absolute Gasteiger partial charge is 0.508 e. The first-order valence-corrected chi connectivity index (χ1v) is 10.3. The second kappa shape index (κ2) is 11.6. The molecule has 0 aliphatic carbocycles. The number of rotatable bonds is 10. The van der Waals surface area contributed by atoms with E-state index in [0.29, 0.717) is 23.4 Å². The number of aliphatic hydroxyl groups excluding tert-OH is 2. The molecule has 0 fully saturated rings. The average Bonchev–Trinajstić information content (AvgIpc) is 2.71. The Bertz CT molecular complexity index is 869. The third-order valence-electron chi connectivity index (χ3n) is 4.78. The lowest BCUT2D eigenvalue weighted by Crippen LogP contribution is -2.13. The normalized spacial score (nSPS) is 13.4. The predicted octanol–water partition coefficient (Wildman–Crippen LogP) is 6.00. The van der Waals surface area contributed by atoms with Crippen molar-refractivity contribution in [3.63, 3.8) is 0 Å². The first kappa shape index (κ1) is 23.0. The van der Waals surface area contributed by atoms with Crippen molar-refractivity contribution in [1.29, 1.82) is 0 Å². The summed E-state index contributed by atoms with van der Waals surface area (Å²) in [6.45, 7) is 6.00. The summed E-state index contributed by atoms with van der Waals surface area (Å²) < 4.78 is 0. The van der Waals surface area contributed by atoms with Gasteiger partial charge in [-0.15, -0.1) is 0 Å². The highest BCUT2D eigenvalue weighted by Gasteiger charge is 2.15. The van der Waals surface area contributed by atoms with E-state index in [1.54, 1.807) is 18.2 Å². The highest BCUT2D eigenvalue weighted by atomic mass is 35.5. The van der Waals surface area contributed by atoms with Gasteiger partial charge in [0, 0.05) is 0 Å². The molecule has 2 aromatic carbocycles. The molecule has 0 heterocycles. The standard InChI is InChI=1S/C25H29ClO3/c1-3-7-18(2)23(14-15-27)25(29)13-11-20(19-8-5-4-6-9-19)16-21-10-12-22(28)17-24(21)26/h4-6,8-10,12,14,16-17,25,27-29H,2-3,7,11,13,15H2,1H3/b20-16-,23-14-. The van der Waals surface area contributed by atoms with Crippen LogP contribution < -0.4 is 0 Å². The number of hydrogen-bond donors (Lipinski definition) is 3. The third-order valence-corrected chi connectivity index (χ3v) is 5.10. The molecule has 4 heteroatoms. The molecule has 0 radical (unpaired) electrons. The zero-order valence-corrected chi connectivity index (χ0v) is 17.6. The molecule has 0 saturated heterocycles. The zero-order chi connectivity index (χ0) is 21.2. The fourth-order valence-corrected chi connectivity index (χ4v) is 3.51. The summed E-state index contributed by atoms with van der Waals surface area (Å²) in [5.41, 5.74) is 4.45. The van der Waals surface area contributed by atoms with Crippen LogP contribution in [0.4, 0.5) is 0 Å². The number of hydrogen-bond acceptors (Lipinski definition) is 3. The van der Waals surface area contributed by atoms with E-state index in [1.807, 2.05) is 36.4 Å². The lowest BCUT2D eigenvalue weighted by atomic mass is 9.91. The van der Waals surface area contributed by atoms with Gasteiger partial charge in [0.15, 0.2) is 0 Å². The number of phenolic OH excluding ortho intramolecular Hbond substituents is 1. The van der Waals surface area contributed by atoms with E-state index in [2.05, 4.69) is 13.5 Å². The Balaban J connectivity index is 2.28. The van der Waals surface area contributed by atoms with Crippen LogP contribution in [0.15, 0.2) is 72.3 Å². The molecule has 0 spiro atoms. The maximum atomic E-state index is 10.8. The third kappa shape index (κ3) is 6.90. The van der Waals surface area contributed by atoms with Crippen molar-refractivity contribution in [2.24, 2.45) is 0 Å². The summed E-state index contributed by atoms with van der Waals surface area (Å²) in [7, 11) is 0. The molecule has 3 N–H and O–H groups in total. The van der Waals surface area contributed by atoms with Gasteiger partial charge in [-0.05, 0) is 71.4 Å². The van der Waals surface area contributed by atoms with Crippen molar-refractivity contribution in [1.82, 2.24) is 0 Å². The molecule has 1 atom stereocenters. The second-order valence-corrected chi connectivity index (χ2v) is 7.40. The number of phenols is 1. The molecule has 0 amide bonds. The van der Waals surface area contributed by atoms with Gasteiger partial charge in [-0.25, -0.2) is 0 Å². The monoisotopic (exact) mass is 412 g/mol. The fraction of sp³-hybridized carbons (Fsp3) is 0.280. The van der Waals surface area contributed by atoms with Gasteiger partial charge in [0.1, 0.15) is 5.75 Å². The fourth-order valence-electron chi connectivity index (χ4n) is 3.28. The van der Waals surface area contributed by atoms with Crippen LogP contribution in [0, 0.1) is 0 Å². The summed E-state index contributed by atoms with van der Waals surface area (Å²) in [6.07, 6.45) is 5.75. The van der Waals surface area contributed by atoms with Gasteiger partial charge in [0.2, 0.25) is 0 Å². The van der Waals surface area contributed by atoms with Crippen LogP contribution in [0.3, 0.4) is 0 Å². The number of aliphatic hydroxyl groups is 2. The summed E-state index contributed by atoms with van der Waals surface area (Å²) >= 11 is 6.29. The Morgan fingerprint density at radius 1 is 1.14 bits per heavy atom. The van der Waals surface area contributed by atoms with Gasteiger partial charge in [0.25, 0.3) is 0 Å². The molecule has 0 saturated carbocycles. The lowest BCUT2D eigenvalue weighted by molar-refractivity contribution is 0.202. The molecule has 0 bridgehead atoms. The van der Waals surface area contributed by atoms with Gasteiger partial charge in [-0.3, -0.25) is 0 Å². The molecule has 2 aromatic rings. The number of benzene rings is 2. The van der Waals surface area contributed by atoms with Crippen LogP contribution >= 0.6 is 11.6 Å². The maximum Gasteiger partial charge on any atom is 0.117 e. The van der Waals surface area contributed by atoms with Crippen LogP contribution in [0.1, 0.15) is 43.7 Å². The van der Waals surface area contributed by atoms with Gasteiger partial charge in [-0.2, -0.15) is 0 Å². The van der Waals surface area contributed by atoms with Crippen LogP contribution in [0.2, 0.25) is 5.02 Å². The predicted molar refractivity (Wildman–Crippen MR) is 122 cm³/mol. The molecule has 29 heavy (non-hydrogen) atoms. The Morgan fingerprint density at radius 2 is 1.86 bits per heavy atom. The van der Waals surface area contributed by atoms with Crippen molar-refractivity contribution < 1.29 is 15.3 Å². The smallest absolute Gasteiger partial charge is 0.117 e. The van der Waals surface area contributed by atoms with E-state index in [0.717, 1.165) is 35.1 Å². The van der Waals surface area contributed by atoms with E-state index in [1.165, 1.54) is 6.07 Å². The van der Waals surface area contributed by atoms with E-state index >= 15 is 0 Å². The Labute approximate surface area is 178 Å². The quantitative estimate of drug-likeness (QED) is 0.331. The van der Waals surface area contributed by atoms with Crippen molar-refractivity contribution in [2.75, 3.05) is 6.61 Å². The average molecular weight is 413 g/mol. The first-order chi connectivity index (χ1) is 14.0. The van der Waals surface area contributed by atoms with Crippen LogP contribution in [-0.4, -0.2) is 28.0 Å². The van der Waals surface area contributed by atoms with E-state index in [4.69, 9.17) is 11.6 Å². The first-order valence-electron chi connectivity index (χ1n) is 9.87. The summed E-state index contributed by atoms with van der Waals surface area (Å²) in [5, 5.41) is 30.2. The molecule has 3 nitrogen and oxygen atoms in total. The lowest BCUT2D eigenvalue weighted by Gasteiger charge is -2.18. The Kier molecular flexibility index (Phi) is 9.20. The van der Waals surface area contributed by atoms with Crippen LogP contribution in [0.5, 0.6) is 5.75 Å². The SMILES string of the molecule is C=C(CCC)/C(=C/CO)C(O)CC/C(=C/c1ccc(O)cc1Cl)c1ccccc1. The molecular weight excluding hydrogens is 384 g/mol. The van der Waals surface area contributed by atoms with Crippen molar-refractivity contribution in [3.8, 4) is 5.75 Å². The number of allylic oxidation sites excluding steroid dienone is 1. The van der Waals surface area contributed by atoms with Gasteiger partial charge < -0.3 is 15.3 Å². The highest BCUT2D eigenvalue weighted by molar-refractivity contribution is 6.32. The van der Waals surface area contributed by atoms with Gasteiger partial charge >= 0.3 is 0 Å². The molecule has 2 rings (SSSR count). The molecule has 154 valence electrons. The van der Waals surface area contributed by atoms with Crippen molar-refractivity contribution in [3.05, 3.63) is 88.5 Å². The van der Waals surface area contributed by atoms with E-state index in [-0.39, 0.29) is 12.4 Å². The second-order valence-electron chi connectivity index (χ2n) is 6.99. The van der Waals surface area contributed by atoms with E-state index in [9.17, 15) is 15.3 Å². The topological polar surface area (TPSA) is 60.7 Å². The maximum absolute atomic E-state index is 10.8. The zero-order valence-electron chi connectivity index (χ0n) is 16.8. The Morgan fingerprint density at radius 3 is 2.48 bits per heavy atom. The summed E-state index contributed by atoms with van der Waals surface area (Å²) in [4.78, 5) is 0. The molecule has 1 unspecified atom stereocenters. The highest BCUT2D eigenvalue weighted by Crippen LogP contribution is 2.30. The van der Waals surface area contributed by atoms with Crippen molar-refractivity contribution in [2.45, 2.75) is 38.7 Å². The van der Waals surface area contributed by atoms with Crippen LogP contribution in [-0.2, 0) is 0 Å². The van der Waals surface area contributed by atoms with Gasteiger partial charge in [-0.1, -0.05) is 67.9 Å². The number of aromatic hydroxyl groups is 1. The summed E-state index contributed by atoms with van der Waals surface area (Å²) in [5.74, 6) is 0.122. The number of halogens is 1. The molecule has 0 aliphatic rings. The van der Waals surface area contributed by atoms with E-state index < -0.39 is 6.10 Å². The van der Waals surface area contributed by atoms with Crippen LogP contribution in [0.25, 0.3) is 11.6 Å². The van der Waals surface area contributed by atoms with Crippen molar-refractivity contribution >= 4 is 23.3 Å². The molecule has 0 aromatic heterocycles. The minimum absolute atomic E-state index is 0.122. The van der Waals surface area contributed by atoms with Gasteiger partial charge in [0.05, 0.1) is 17.7 Å².